The summed E-state index contributed by atoms with van der Waals surface area (Å²) in [5.74, 6) is -0.876. The first-order valence-corrected chi connectivity index (χ1v) is 4.22. The van der Waals surface area contributed by atoms with Gasteiger partial charge in [0, 0.05) is 12.4 Å². The molecule has 0 aliphatic heterocycles. The zero-order valence-corrected chi connectivity index (χ0v) is 7.73. The van der Waals surface area contributed by atoms with E-state index in [4.69, 9.17) is 5.11 Å². The summed E-state index contributed by atoms with van der Waals surface area (Å²) in [5.41, 5.74) is 0.807. The van der Waals surface area contributed by atoms with Crippen LogP contribution in [0.5, 0.6) is 0 Å². The molecular weight excluding hydrogens is 224 g/mol. The Morgan fingerprint density at radius 1 is 1.58 bits per heavy atom. The van der Waals surface area contributed by atoms with Crippen molar-refractivity contribution < 1.29 is 9.90 Å². The molecule has 1 N–H and O–H groups in total. The Kier molecular flexibility index (Phi) is 3.16. The summed E-state index contributed by atoms with van der Waals surface area (Å²) in [6, 6.07) is 0. The molecule has 0 saturated carbocycles. The monoisotopic (exact) mass is 230 g/mol. The zero-order chi connectivity index (χ0) is 8.97. The molecule has 5 heteroatoms. The largest absolute Gasteiger partial charge is 0.480 e. The first-order valence-electron chi connectivity index (χ1n) is 3.31. The molecule has 0 aromatic carbocycles. The molecule has 0 fully saturated rings. The maximum Gasteiger partial charge on any atom is 0.317 e. The van der Waals surface area contributed by atoms with Crippen LogP contribution in [0.3, 0.4) is 0 Å². The molecule has 1 heterocycles. The van der Waals surface area contributed by atoms with Crippen LogP contribution in [-0.4, -0.2) is 25.9 Å². The minimum Gasteiger partial charge on any atom is -0.480 e. The summed E-state index contributed by atoms with van der Waals surface area (Å²) in [4.78, 5) is 17.4. The quantitative estimate of drug-likeness (QED) is 0.784. The summed E-state index contributed by atoms with van der Waals surface area (Å²) in [5, 5.41) is 8.56. The molecule has 1 aromatic rings. The van der Waals surface area contributed by atoms with Crippen LogP contribution in [0.25, 0.3) is 0 Å². The van der Waals surface area contributed by atoms with E-state index >= 15 is 0 Å². The maximum absolute atomic E-state index is 10.4. The Morgan fingerprint density at radius 2 is 2.17 bits per heavy atom. The molecule has 1 atom stereocenters. The van der Waals surface area contributed by atoms with Gasteiger partial charge in [0.25, 0.3) is 0 Å². The predicted octanol–water partition coefficient (Wildman–Crippen LogP) is 0.867. The number of nitrogens with zero attached hydrogens (tertiary/aromatic N) is 2. The molecule has 1 unspecified atom stereocenters. The number of alkyl halides is 1. The Hall–Kier alpha value is -0.970. The summed E-state index contributed by atoms with van der Waals surface area (Å²) in [7, 11) is 0. The average molecular weight is 231 g/mol. The molecule has 1 aromatic heterocycles. The number of carboxylic acid groups (broad SMARTS) is 1. The van der Waals surface area contributed by atoms with Crippen molar-refractivity contribution >= 4 is 21.9 Å². The second kappa shape index (κ2) is 4.15. The molecule has 4 nitrogen and oxygen atoms in total. The fraction of sp³-hybridized carbons (Fsp3) is 0.286. The van der Waals surface area contributed by atoms with Gasteiger partial charge in [0.2, 0.25) is 0 Å². The van der Waals surface area contributed by atoms with Gasteiger partial charge in [0.05, 0.1) is 0 Å². The zero-order valence-electron chi connectivity index (χ0n) is 6.14. The van der Waals surface area contributed by atoms with Crippen molar-refractivity contribution in [2.45, 2.75) is 11.2 Å². The fourth-order valence-corrected chi connectivity index (χ4v) is 1.10. The number of aliphatic carboxylic acids is 1. The molecule has 1 rings (SSSR count). The third-order valence-electron chi connectivity index (χ3n) is 1.30. The lowest BCUT2D eigenvalue weighted by Crippen LogP contribution is -2.15. The van der Waals surface area contributed by atoms with Gasteiger partial charge in [-0.25, -0.2) is 9.97 Å². The summed E-state index contributed by atoms with van der Waals surface area (Å²) >= 11 is 3.02. The fourth-order valence-electron chi connectivity index (χ4n) is 0.730. The molecule has 0 spiro atoms. The molecular formula is C7H7BrN2O2. The molecule has 0 amide bonds. The van der Waals surface area contributed by atoms with Crippen LogP contribution in [0, 0.1) is 0 Å². The van der Waals surface area contributed by atoms with E-state index < -0.39 is 10.8 Å². The van der Waals surface area contributed by atoms with Gasteiger partial charge in [-0.1, -0.05) is 15.9 Å². The number of carboxylic acids is 1. The van der Waals surface area contributed by atoms with Crippen molar-refractivity contribution in [3.63, 3.8) is 0 Å². The minimum absolute atomic E-state index is 0.399. The first-order chi connectivity index (χ1) is 5.70. The van der Waals surface area contributed by atoms with Gasteiger partial charge in [0.15, 0.2) is 0 Å². The van der Waals surface area contributed by atoms with Gasteiger partial charge >= 0.3 is 5.97 Å². The number of rotatable bonds is 3. The number of halogens is 1. The van der Waals surface area contributed by atoms with Crippen LogP contribution in [0.15, 0.2) is 18.7 Å². The van der Waals surface area contributed by atoms with Crippen LogP contribution >= 0.6 is 15.9 Å². The smallest absolute Gasteiger partial charge is 0.317 e. The Bertz CT molecular complexity index is 265. The topological polar surface area (TPSA) is 63.1 Å². The number of aromatic nitrogens is 2. The summed E-state index contributed by atoms with van der Waals surface area (Å²) in [6.07, 6.45) is 5.01. The van der Waals surface area contributed by atoms with Crippen LogP contribution in [0.1, 0.15) is 5.56 Å². The molecule has 0 aliphatic rings. The van der Waals surface area contributed by atoms with Crippen molar-refractivity contribution in [3.05, 3.63) is 24.3 Å². The van der Waals surface area contributed by atoms with E-state index in [9.17, 15) is 4.79 Å². The lowest BCUT2D eigenvalue weighted by Gasteiger charge is -2.02. The molecule has 64 valence electrons. The van der Waals surface area contributed by atoms with Crippen LogP contribution < -0.4 is 0 Å². The van der Waals surface area contributed by atoms with Crippen LogP contribution in [-0.2, 0) is 11.2 Å². The van der Waals surface area contributed by atoms with Gasteiger partial charge in [-0.2, -0.15) is 0 Å². The van der Waals surface area contributed by atoms with Gasteiger partial charge < -0.3 is 5.11 Å². The molecule has 0 saturated heterocycles. The van der Waals surface area contributed by atoms with Gasteiger partial charge in [0.1, 0.15) is 11.2 Å². The van der Waals surface area contributed by atoms with Crippen molar-refractivity contribution in [2.75, 3.05) is 0 Å². The highest BCUT2D eigenvalue weighted by Crippen LogP contribution is 2.07. The van der Waals surface area contributed by atoms with Crippen molar-refractivity contribution in [2.24, 2.45) is 0 Å². The van der Waals surface area contributed by atoms with Crippen molar-refractivity contribution in [3.8, 4) is 0 Å². The second-order valence-corrected chi connectivity index (χ2v) is 3.36. The van der Waals surface area contributed by atoms with E-state index in [0.29, 0.717) is 6.42 Å². The SMILES string of the molecule is O=C(O)C(Br)Cc1cncnc1. The molecule has 0 aliphatic carbocycles. The number of hydrogen-bond donors (Lipinski definition) is 1. The minimum atomic E-state index is -0.876. The van der Waals surface area contributed by atoms with Crippen molar-refractivity contribution in [1.82, 2.24) is 9.97 Å². The van der Waals surface area contributed by atoms with E-state index in [0.717, 1.165) is 5.56 Å². The standard InChI is InChI=1S/C7H7BrN2O2/c8-6(7(11)12)1-5-2-9-4-10-3-5/h2-4,6H,1H2,(H,11,12). The first kappa shape index (κ1) is 9.12. The van der Waals surface area contributed by atoms with E-state index in [-0.39, 0.29) is 0 Å². The van der Waals surface area contributed by atoms with E-state index in [2.05, 4.69) is 25.9 Å². The Balaban J connectivity index is 2.58. The number of carbonyl (C=O) groups is 1. The van der Waals surface area contributed by atoms with Gasteiger partial charge in [-0.05, 0) is 12.0 Å². The Morgan fingerprint density at radius 3 is 2.67 bits per heavy atom. The van der Waals surface area contributed by atoms with E-state index in [1.165, 1.54) is 6.33 Å². The molecule has 0 radical (unpaired) electrons. The van der Waals surface area contributed by atoms with Gasteiger partial charge in [-0.3, -0.25) is 4.79 Å². The van der Waals surface area contributed by atoms with Gasteiger partial charge in [-0.15, -0.1) is 0 Å². The lowest BCUT2D eigenvalue weighted by molar-refractivity contribution is -0.136. The van der Waals surface area contributed by atoms with Crippen LogP contribution in [0.2, 0.25) is 0 Å². The average Bonchev–Trinajstić information content (AvgIpc) is 2.06. The van der Waals surface area contributed by atoms with Crippen LogP contribution in [0.4, 0.5) is 0 Å². The highest BCUT2D eigenvalue weighted by Gasteiger charge is 2.13. The lowest BCUT2D eigenvalue weighted by atomic mass is 10.2. The highest BCUT2D eigenvalue weighted by atomic mass is 79.9. The maximum atomic E-state index is 10.4. The second-order valence-electron chi connectivity index (χ2n) is 2.26. The Labute approximate surface area is 77.8 Å². The summed E-state index contributed by atoms with van der Waals surface area (Å²) in [6.45, 7) is 0. The highest BCUT2D eigenvalue weighted by molar-refractivity contribution is 9.10. The normalized spacial score (nSPS) is 12.4. The van der Waals surface area contributed by atoms with Crippen molar-refractivity contribution in [1.29, 1.82) is 0 Å². The summed E-state index contributed by atoms with van der Waals surface area (Å²) < 4.78 is 0. The van der Waals surface area contributed by atoms with E-state index in [1.54, 1.807) is 12.4 Å². The third-order valence-corrected chi connectivity index (χ3v) is 2.01. The third kappa shape index (κ3) is 2.58. The number of hydrogen-bond acceptors (Lipinski definition) is 3. The molecule has 12 heavy (non-hydrogen) atoms. The predicted molar refractivity (Wildman–Crippen MR) is 46.1 cm³/mol. The molecule has 0 bridgehead atoms. The van der Waals surface area contributed by atoms with E-state index in [1.807, 2.05) is 0 Å².